The number of hydrogen-bond acceptors (Lipinski definition) is 53. The number of hydrogen-bond donors (Lipinski definition) is 32. The third kappa shape index (κ3) is 23.4. The highest BCUT2D eigenvalue weighted by molar-refractivity contribution is 5.74. The second-order valence-electron chi connectivity index (χ2n) is 33.3. The summed E-state index contributed by atoms with van der Waals surface area (Å²) in [6, 6.07) is -7.88. The maximum Gasteiger partial charge on any atom is 0.217 e. The Hall–Kier alpha value is -4.08. The van der Waals surface area contributed by atoms with Crippen molar-refractivity contribution in [3.05, 3.63) is 0 Å². The van der Waals surface area contributed by atoms with E-state index in [1.807, 2.05) is 0 Å². The van der Waals surface area contributed by atoms with E-state index in [4.69, 9.17) is 99.5 Å². The second-order valence-corrected chi connectivity index (χ2v) is 33.3. The van der Waals surface area contributed by atoms with Crippen LogP contribution in [0.25, 0.3) is 0 Å². The molecule has 11 heterocycles. The van der Waals surface area contributed by atoms with Gasteiger partial charge in [-0.15, -0.1) is 0 Å². The first-order chi connectivity index (χ1) is 61.4. The van der Waals surface area contributed by atoms with Crippen molar-refractivity contribution >= 4 is 23.6 Å². The molecule has 130 heavy (non-hydrogen) atoms. The lowest BCUT2D eigenvalue weighted by Crippen LogP contribution is -2.71. The molecule has 0 aromatic carbocycles. The number of nitrogens with one attached hydrogen (secondary N) is 4. The van der Waals surface area contributed by atoms with Crippen molar-refractivity contribution in [3.8, 4) is 0 Å². The van der Waals surface area contributed by atoms with Gasteiger partial charge in [-0.2, -0.15) is 0 Å². The third-order valence-electron chi connectivity index (χ3n) is 24.1. The molecule has 57 heteroatoms. The highest BCUT2D eigenvalue weighted by Gasteiger charge is 2.63. The van der Waals surface area contributed by atoms with Gasteiger partial charge in [-0.3, -0.25) is 19.2 Å². The summed E-state index contributed by atoms with van der Waals surface area (Å²) in [5.74, 6) is -3.87. The van der Waals surface area contributed by atoms with Crippen LogP contribution in [0.4, 0.5) is 0 Å². The van der Waals surface area contributed by atoms with E-state index in [2.05, 4.69) is 21.3 Å². The summed E-state index contributed by atoms with van der Waals surface area (Å²) < 4.78 is 128. The minimum absolute atomic E-state index is 0.887. The standard InChI is InChI=1S/C73H122N4O53/c1-16-35(89)46(100)52(106)67(113-16)111-15-30-56(123-70-54(108)48(102)39(93)24(8-79)117-70)45(99)33(76-20(5)86)66(122-30)128-60-49(103)40(94)25(9-80)118-71(60)112-14-29-42(96)59(127-72-61(50(104)41(95)26(10-81)119-72)129-64-31(74-18(3)84)43(97)38(92)23(7-78)116-64)62(130-68-51(105)37(91)22(88)13-110-68)73(121-29)124-55-27(11-82)120-65(32(44(55)98)75-19(4)85)125-57-28(12-83)115-63(109)34(77-21(6)87)58(57)126-69-53(107)47(101)36(90)17(2)114-69/h16-17,22-73,78-83,88-109H,7-15H2,1-6H3,(H,74,84)(H,75,85)(H,76,86)(H,77,87)/t16-,17-,22+,23+,24+,25+,26+,27+,28+,29+,30+,31+,32+,33+,34+,35+,36+,37-,38+,39-,40+,41+,42+,43+,44+,45+,46+,47+,48-,49-,50-,51+,52-,53-,54+,55+,56+,57+,58+,59-,60-,61-,62-,63?,64-,65-,66-,67+,68-,69-,70-,71-,72+,73-/m0/s1. The molecule has 0 saturated carbocycles. The smallest absolute Gasteiger partial charge is 0.217 e. The molecule has 0 bridgehead atoms. The van der Waals surface area contributed by atoms with Crippen LogP contribution in [0.3, 0.4) is 0 Å². The lowest BCUT2D eigenvalue weighted by atomic mass is 9.93. The van der Waals surface area contributed by atoms with Crippen molar-refractivity contribution in [1.82, 2.24) is 21.3 Å². The van der Waals surface area contributed by atoms with Crippen molar-refractivity contribution in [2.24, 2.45) is 0 Å². The number of ether oxygens (including phenoxy) is 21. The average Bonchev–Trinajstić information content (AvgIpc) is 0.759. The maximum atomic E-state index is 13.6. The van der Waals surface area contributed by atoms with E-state index >= 15 is 0 Å². The molecule has 32 N–H and O–H groups in total. The highest BCUT2D eigenvalue weighted by Crippen LogP contribution is 2.42. The molecular weight excluding hydrogens is 1780 g/mol. The van der Waals surface area contributed by atoms with Crippen LogP contribution >= 0.6 is 0 Å². The Balaban J connectivity index is 0.996. The minimum Gasteiger partial charge on any atom is -0.394 e. The normalized spacial score (nSPS) is 50.4. The first kappa shape index (κ1) is 106. The van der Waals surface area contributed by atoms with Gasteiger partial charge >= 0.3 is 0 Å². The van der Waals surface area contributed by atoms with Gasteiger partial charge in [0.15, 0.2) is 69.2 Å². The summed E-state index contributed by atoms with van der Waals surface area (Å²) in [4.78, 5) is 52.5. The van der Waals surface area contributed by atoms with Crippen LogP contribution in [-0.2, 0) is 119 Å². The lowest BCUT2D eigenvalue weighted by molar-refractivity contribution is -0.412. The molecule has 4 amide bonds. The lowest BCUT2D eigenvalue weighted by Gasteiger charge is -2.52. The van der Waals surface area contributed by atoms with Crippen molar-refractivity contribution in [1.29, 1.82) is 0 Å². The molecular formula is C73H122N4O53. The fraction of sp³-hybridized carbons (Fsp3) is 0.945. The Labute approximate surface area is 736 Å². The molecule has 11 aliphatic rings. The van der Waals surface area contributed by atoms with Crippen LogP contribution < -0.4 is 21.3 Å². The van der Waals surface area contributed by atoms with Crippen LogP contribution in [0.2, 0.25) is 0 Å². The van der Waals surface area contributed by atoms with Gasteiger partial charge in [0.2, 0.25) is 23.6 Å². The Morgan fingerprint density at radius 1 is 0.246 bits per heavy atom. The molecule has 57 nitrogen and oxygen atoms in total. The molecule has 0 aliphatic carbocycles. The van der Waals surface area contributed by atoms with E-state index in [1.54, 1.807) is 0 Å². The SMILES string of the molecule is CC(=O)N[C@H]1[C@H](O[C@@H]2[C@@H](OC[C@H]3O[C@@H](O[C@H]4[C@H](O)[C@@H](NC(C)=O)[C@H](O[C@H]5[C@H](O[C@@H]6O[C@@H](C)[C@@H](O)[C@@H](O)[C@@H]6O)[C@@H](NC(C)=O)C(O)O[C@@H]5CO)O[C@@H]4CO)[C@@H](O[C@@H]4OC[C@@H](O)[C@H](O)[C@H]4O)[C@@H](O[C@H]4O[C@H](CO)[C@@H](O)[C@H](O)[C@@H]4O[C@@H]4O[C@H](CO)[C@@H](O)[C@H](O)[C@H]4NC(C)=O)[C@@H]3O)O[C@H](CO)[C@@H](O)[C@@H]2O)O[C@H](CO[C@@H]2O[C@@H](C)[C@@H](O)[C@@H](O)[C@@H]2O)[C@@H](O[C@@H]2O[C@H](CO)[C@H](O)[C@H](O)[C@H]2O)[C@@H]1O. The Morgan fingerprint density at radius 2 is 0.562 bits per heavy atom. The van der Waals surface area contributed by atoms with Gasteiger partial charge in [0.25, 0.3) is 0 Å². The van der Waals surface area contributed by atoms with Crippen LogP contribution in [0, 0.1) is 0 Å². The molecule has 0 aromatic rings. The van der Waals surface area contributed by atoms with E-state index in [0.29, 0.717) is 0 Å². The van der Waals surface area contributed by atoms with Crippen LogP contribution in [0.1, 0.15) is 41.5 Å². The molecule has 0 aromatic heterocycles. The molecule has 11 aliphatic heterocycles. The quantitative estimate of drug-likeness (QED) is 0.0297. The first-order valence-electron chi connectivity index (χ1n) is 41.8. The monoisotopic (exact) mass is 1900 g/mol. The predicted molar refractivity (Wildman–Crippen MR) is 400 cm³/mol. The zero-order chi connectivity index (χ0) is 95.5. The minimum atomic E-state index is -2.63. The summed E-state index contributed by atoms with van der Waals surface area (Å²) in [7, 11) is 0. The number of rotatable bonds is 32. The second kappa shape index (κ2) is 46.1. The number of carbonyl (C=O) groups is 4. The summed E-state index contributed by atoms with van der Waals surface area (Å²) in [6.07, 6.45) is -106. The van der Waals surface area contributed by atoms with Crippen LogP contribution in [0.5, 0.6) is 0 Å². The van der Waals surface area contributed by atoms with E-state index in [0.717, 1.165) is 27.7 Å². The number of amides is 4. The van der Waals surface area contributed by atoms with Gasteiger partial charge in [0.1, 0.15) is 250 Å². The van der Waals surface area contributed by atoms with Gasteiger partial charge in [-0.05, 0) is 13.8 Å². The highest BCUT2D eigenvalue weighted by atomic mass is 16.8. The zero-order valence-electron chi connectivity index (χ0n) is 70.3. The topological polar surface area (TPSA) is 877 Å². The van der Waals surface area contributed by atoms with E-state index in [9.17, 15) is 162 Å². The summed E-state index contributed by atoms with van der Waals surface area (Å²) in [6.45, 7) is -4.01. The number of aliphatic hydroxyl groups is 28. The molecule has 0 spiro atoms. The molecule has 11 saturated heterocycles. The fourth-order valence-electron chi connectivity index (χ4n) is 16.9. The largest absolute Gasteiger partial charge is 0.394 e. The van der Waals surface area contributed by atoms with Gasteiger partial charge in [-0.1, -0.05) is 0 Å². The maximum absolute atomic E-state index is 13.6. The molecule has 11 fully saturated rings. The number of carbonyl (C=O) groups excluding carboxylic acids is 4. The van der Waals surface area contributed by atoms with Crippen molar-refractivity contribution in [2.45, 2.75) is 373 Å². The van der Waals surface area contributed by atoms with Gasteiger partial charge in [-0.25, -0.2) is 0 Å². The van der Waals surface area contributed by atoms with Gasteiger partial charge < -0.3 is 264 Å². The number of aliphatic hydroxyl groups excluding tert-OH is 28. The Kier molecular flexibility index (Phi) is 37.7. The summed E-state index contributed by atoms with van der Waals surface area (Å²) in [5, 5.41) is 325. The van der Waals surface area contributed by atoms with Crippen molar-refractivity contribution in [3.63, 3.8) is 0 Å². The van der Waals surface area contributed by atoms with Crippen molar-refractivity contribution in [2.75, 3.05) is 59.5 Å². The fourth-order valence-corrected chi connectivity index (χ4v) is 16.9. The molecule has 11 rings (SSSR count). The predicted octanol–water partition coefficient (Wildman–Crippen LogP) is -21.7. The van der Waals surface area contributed by atoms with Crippen LogP contribution in [0.15, 0.2) is 0 Å². The van der Waals surface area contributed by atoms with Gasteiger partial charge in [0, 0.05) is 27.7 Å². The molecule has 1 unspecified atom stereocenters. The van der Waals surface area contributed by atoms with Crippen molar-refractivity contribution < 1.29 is 262 Å². The molecule has 0 radical (unpaired) electrons. The van der Waals surface area contributed by atoms with Crippen LogP contribution in [-0.4, -0.2) is 557 Å². The molecule has 752 valence electrons. The Morgan fingerprint density at radius 3 is 1.07 bits per heavy atom. The molecule has 54 atom stereocenters. The zero-order valence-corrected chi connectivity index (χ0v) is 70.3. The third-order valence-corrected chi connectivity index (χ3v) is 24.1. The van der Waals surface area contributed by atoms with E-state index < -0.39 is 415 Å². The van der Waals surface area contributed by atoms with E-state index in [1.165, 1.54) is 13.8 Å². The first-order valence-corrected chi connectivity index (χ1v) is 41.8. The average molecular weight is 1900 g/mol. The Bertz CT molecular complexity index is 3560. The van der Waals surface area contributed by atoms with Gasteiger partial charge in [0.05, 0.1) is 71.7 Å². The summed E-state index contributed by atoms with van der Waals surface area (Å²) >= 11 is 0. The summed E-state index contributed by atoms with van der Waals surface area (Å²) in [5.41, 5.74) is 0. The van der Waals surface area contributed by atoms with E-state index in [-0.39, 0.29) is 0 Å².